The van der Waals surface area contributed by atoms with Crippen molar-refractivity contribution in [3.8, 4) is 0 Å². The first-order valence-corrected chi connectivity index (χ1v) is 13.6. The highest BCUT2D eigenvalue weighted by atomic mass is 16.4. The normalized spacial score (nSPS) is 10.8. The summed E-state index contributed by atoms with van der Waals surface area (Å²) in [6.45, 7) is 2.68. The lowest BCUT2D eigenvalue weighted by Crippen LogP contribution is -2.37. The number of carboxylic acid groups (broad SMARTS) is 1. The van der Waals surface area contributed by atoms with E-state index in [0.717, 1.165) is 29.5 Å². The summed E-state index contributed by atoms with van der Waals surface area (Å²) in [5.74, 6) is -0.882. The van der Waals surface area contributed by atoms with Crippen molar-refractivity contribution < 1.29 is 14.7 Å². The molecule has 0 radical (unpaired) electrons. The Bertz CT molecular complexity index is 1410. The molecule has 0 aliphatic rings. The molecule has 0 saturated carbocycles. The predicted octanol–water partition coefficient (Wildman–Crippen LogP) is 5.21. The van der Waals surface area contributed by atoms with Crippen molar-refractivity contribution in [1.29, 1.82) is 0 Å². The zero-order valence-electron chi connectivity index (χ0n) is 23.2. The molecule has 7 heteroatoms. The van der Waals surface area contributed by atoms with E-state index >= 15 is 0 Å². The first-order chi connectivity index (χ1) is 19.4. The minimum Gasteiger partial charge on any atom is -0.480 e. The van der Waals surface area contributed by atoms with Gasteiger partial charge in [-0.15, -0.1) is 0 Å². The lowest BCUT2D eigenvalue weighted by atomic mass is 10.0. The average molecular weight is 537 g/mol. The molecule has 40 heavy (non-hydrogen) atoms. The van der Waals surface area contributed by atoms with Gasteiger partial charge in [-0.05, 0) is 42.9 Å². The highest BCUT2D eigenvalue weighted by molar-refractivity contribution is 5.96. The van der Waals surface area contributed by atoms with Crippen molar-refractivity contribution in [2.75, 3.05) is 31.6 Å². The molecule has 4 aromatic rings. The van der Waals surface area contributed by atoms with Crippen LogP contribution in [0.3, 0.4) is 0 Å². The largest absolute Gasteiger partial charge is 0.480 e. The van der Waals surface area contributed by atoms with Crippen LogP contribution in [0.2, 0.25) is 0 Å². The van der Waals surface area contributed by atoms with Crippen molar-refractivity contribution in [2.24, 2.45) is 0 Å². The molecule has 7 nitrogen and oxygen atoms in total. The molecule has 206 valence electrons. The minimum atomic E-state index is -1.05. The lowest BCUT2D eigenvalue weighted by molar-refractivity contribution is -0.137. The van der Waals surface area contributed by atoms with E-state index in [-0.39, 0.29) is 12.5 Å². The van der Waals surface area contributed by atoms with Crippen LogP contribution in [0.25, 0.3) is 0 Å². The van der Waals surface area contributed by atoms with E-state index in [0.29, 0.717) is 43.1 Å². The zero-order chi connectivity index (χ0) is 28.3. The molecule has 3 aromatic carbocycles. The van der Waals surface area contributed by atoms with Crippen molar-refractivity contribution in [2.45, 2.75) is 32.6 Å². The number of carboxylic acids is 1. The lowest BCUT2D eigenvalue weighted by Gasteiger charge is -2.23. The molecule has 0 aliphatic heterocycles. The Hall–Kier alpha value is -4.52. The number of carbonyl (C=O) groups is 2. The van der Waals surface area contributed by atoms with Crippen LogP contribution in [-0.4, -0.2) is 58.5 Å². The van der Waals surface area contributed by atoms with Gasteiger partial charge in [0, 0.05) is 32.8 Å². The van der Waals surface area contributed by atoms with E-state index in [1.54, 1.807) is 6.20 Å². The highest BCUT2D eigenvalue weighted by Crippen LogP contribution is 2.19. The van der Waals surface area contributed by atoms with Gasteiger partial charge in [0.2, 0.25) is 5.95 Å². The molecule has 0 unspecified atom stereocenters. The van der Waals surface area contributed by atoms with E-state index in [1.807, 2.05) is 85.6 Å². The summed E-state index contributed by atoms with van der Waals surface area (Å²) in [6, 6.07) is 28.3. The fourth-order valence-corrected chi connectivity index (χ4v) is 4.67. The maximum Gasteiger partial charge on any atom is 0.323 e. The molecular weight excluding hydrogens is 500 g/mol. The van der Waals surface area contributed by atoms with E-state index in [2.05, 4.69) is 23.2 Å². The van der Waals surface area contributed by atoms with Gasteiger partial charge in [-0.3, -0.25) is 9.59 Å². The Morgan fingerprint density at radius 3 is 2.12 bits per heavy atom. The monoisotopic (exact) mass is 536 g/mol. The van der Waals surface area contributed by atoms with E-state index in [9.17, 15) is 14.7 Å². The van der Waals surface area contributed by atoms with Crippen LogP contribution in [0.1, 0.15) is 44.7 Å². The Labute approximate surface area is 236 Å². The molecule has 0 bridgehead atoms. The van der Waals surface area contributed by atoms with Crippen LogP contribution < -0.4 is 4.90 Å². The maximum atomic E-state index is 13.8. The average Bonchev–Trinajstić information content (AvgIpc) is 2.96. The number of hydrogen-bond donors (Lipinski definition) is 1. The SMILES string of the molecule is Cc1cccc(Cc2nc(N(C)CCc3ccccc3)ncc2C(=O)N(CCCc2ccccc2)CC(=O)O)c1. The van der Waals surface area contributed by atoms with E-state index in [4.69, 9.17) is 4.98 Å². The predicted molar refractivity (Wildman–Crippen MR) is 158 cm³/mol. The number of carbonyl (C=O) groups excluding carboxylic acids is 1. The number of aromatic nitrogens is 2. The highest BCUT2D eigenvalue weighted by Gasteiger charge is 2.23. The smallest absolute Gasteiger partial charge is 0.323 e. The second-order valence-corrected chi connectivity index (χ2v) is 10.1. The second-order valence-electron chi connectivity index (χ2n) is 10.1. The van der Waals surface area contributed by atoms with Crippen molar-refractivity contribution in [1.82, 2.24) is 14.9 Å². The minimum absolute atomic E-state index is 0.322. The van der Waals surface area contributed by atoms with Crippen LogP contribution in [0.4, 0.5) is 5.95 Å². The third-order valence-corrected chi connectivity index (χ3v) is 6.81. The molecule has 0 fully saturated rings. The summed E-state index contributed by atoms with van der Waals surface area (Å²) in [4.78, 5) is 38.2. The van der Waals surface area contributed by atoms with E-state index < -0.39 is 5.97 Å². The first-order valence-electron chi connectivity index (χ1n) is 13.6. The van der Waals surface area contributed by atoms with Gasteiger partial charge in [-0.1, -0.05) is 90.5 Å². The number of aryl methyl sites for hydroxylation is 2. The maximum absolute atomic E-state index is 13.8. The number of amides is 1. The molecule has 1 heterocycles. The van der Waals surface area contributed by atoms with Gasteiger partial charge in [0.25, 0.3) is 5.91 Å². The molecule has 0 saturated heterocycles. The van der Waals surface area contributed by atoms with Crippen LogP contribution in [0.15, 0.2) is 91.1 Å². The van der Waals surface area contributed by atoms with Gasteiger partial charge in [0.05, 0.1) is 11.3 Å². The van der Waals surface area contributed by atoms with Gasteiger partial charge < -0.3 is 14.9 Å². The third-order valence-electron chi connectivity index (χ3n) is 6.81. The third kappa shape index (κ3) is 8.24. The quantitative estimate of drug-likeness (QED) is 0.252. The van der Waals surface area contributed by atoms with Crippen LogP contribution in [-0.2, 0) is 24.1 Å². The number of likely N-dealkylation sites (N-methyl/N-ethyl adjacent to an activating group) is 1. The molecule has 1 amide bonds. The van der Waals surface area contributed by atoms with E-state index in [1.165, 1.54) is 10.5 Å². The molecular formula is C33H36N4O3. The Kier molecular flexibility index (Phi) is 9.99. The van der Waals surface area contributed by atoms with Gasteiger partial charge >= 0.3 is 5.97 Å². The van der Waals surface area contributed by atoms with Crippen molar-refractivity contribution in [3.05, 3.63) is 125 Å². The van der Waals surface area contributed by atoms with Crippen molar-refractivity contribution >= 4 is 17.8 Å². The Balaban J connectivity index is 1.57. The van der Waals surface area contributed by atoms with Gasteiger partial charge in [0.1, 0.15) is 6.54 Å². The molecule has 0 aliphatic carbocycles. The molecule has 1 N–H and O–H groups in total. The standard InChI is InChI=1S/C33H36N4O3/c1-25-11-9-16-28(21-25)22-30-29(23-34-33(35-30)36(2)20-18-27-14-7-4-8-15-27)32(40)37(24-31(38)39)19-10-17-26-12-5-3-6-13-26/h3-9,11-16,21,23H,10,17-20,22,24H2,1-2H3,(H,38,39). The van der Waals surface area contributed by atoms with Crippen molar-refractivity contribution in [3.63, 3.8) is 0 Å². The zero-order valence-corrected chi connectivity index (χ0v) is 23.2. The first kappa shape index (κ1) is 28.5. The molecule has 4 rings (SSSR count). The fraction of sp³-hybridized carbons (Fsp3) is 0.273. The van der Waals surface area contributed by atoms with Crippen LogP contribution >= 0.6 is 0 Å². The Morgan fingerprint density at radius 2 is 1.48 bits per heavy atom. The number of anilines is 1. The molecule has 1 aromatic heterocycles. The number of benzene rings is 3. The topological polar surface area (TPSA) is 86.6 Å². The summed E-state index contributed by atoms with van der Waals surface area (Å²) in [5.41, 5.74) is 5.44. The summed E-state index contributed by atoms with van der Waals surface area (Å²) in [6.07, 6.45) is 4.23. The summed E-state index contributed by atoms with van der Waals surface area (Å²) < 4.78 is 0. The van der Waals surface area contributed by atoms with Gasteiger partial charge in [-0.25, -0.2) is 9.97 Å². The second kappa shape index (κ2) is 14.0. The van der Waals surface area contributed by atoms with Crippen LogP contribution in [0, 0.1) is 6.92 Å². The van der Waals surface area contributed by atoms with Gasteiger partial charge in [0.15, 0.2) is 0 Å². The fourth-order valence-electron chi connectivity index (χ4n) is 4.67. The number of aliphatic carboxylic acids is 1. The molecule has 0 spiro atoms. The Morgan fingerprint density at radius 1 is 0.825 bits per heavy atom. The number of nitrogens with zero attached hydrogens (tertiary/aromatic N) is 4. The summed E-state index contributed by atoms with van der Waals surface area (Å²) in [5, 5.41) is 9.57. The summed E-state index contributed by atoms with van der Waals surface area (Å²) >= 11 is 0. The molecule has 0 atom stereocenters. The number of rotatable bonds is 13. The van der Waals surface area contributed by atoms with Gasteiger partial charge in [-0.2, -0.15) is 0 Å². The van der Waals surface area contributed by atoms with Crippen LogP contribution in [0.5, 0.6) is 0 Å². The summed E-state index contributed by atoms with van der Waals surface area (Å²) in [7, 11) is 1.94. The number of hydrogen-bond acceptors (Lipinski definition) is 5.